The number of likely N-dealkylation sites (tertiary alicyclic amines) is 1. The Kier molecular flexibility index (Phi) is 5.47. The van der Waals surface area contributed by atoms with E-state index in [1.165, 1.54) is 6.26 Å². The molecule has 1 atom stereocenters. The van der Waals surface area contributed by atoms with Crippen LogP contribution in [-0.4, -0.2) is 30.7 Å². The lowest BCUT2D eigenvalue weighted by Crippen LogP contribution is -2.41. The Balaban J connectivity index is 1.78. The second-order valence-corrected chi connectivity index (χ2v) is 4.99. The molecule has 1 heterocycles. The van der Waals surface area contributed by atoms with Gasteiger partial charge in [0.05, 0.1) is 12.9 Å². The number of amides is 1. The number of rotatable bonds is 5. The Morgan fingerprint density at radius 1 is 1.40 bits per heavy atom. The summed E-state index contributed by atoms with van der Waals surface area (Å²) in [5, 5.41) is 0. The van der Waals surface area contributed by atoms with Crippen LogP contribution in [0.4, 0.5) is 4.79 Å². The largest absolute Gasteiger partial charge is 0.501 e. The number of benzene rings is 1. The van der Waals surface area contributed by atoms with E-state index >= 15 is 0 Å². The molecule has 1 aromatic carbocycles. The molecule has 0 unspecified atom stereocenters. The fourth-order valence-corrected chi connectivity index (χ4v) is 2.38. The highest BCUT2D eigenvalue weighted by molar-refractivity contribution is 5.67. The average Bonchev–Trinajstić information content (AvgIpc) is 2.52. The van der Waals surface area contributed by atoms with E-state index in [9.17, 15) is 4.79 Å². The van der Waals surface area contributed by atoms with Crippen LogP contribution in [0, 0.1) is 5.92 Å². The average molecular weight is 275 g/mol. The van der Waals surface area contributed by atoms with Gasteiger partial charge in [0.1, 0.15) is 6.61 Å². The molecule has 0 bridgehead atoms. The number of ether oxygens (including phenoxy) is 2. The number of carbonyl (C=O) groups excluding carboxylic acids is 1. The van der Waals surface area contributed by atoms with Crippen LogP contribution in [0.2, 0.25) is 0 Å². The quantitative estimate of drug-likeness (QED) is 0.775. The number of hydrogen-bond acceptors (Lipinski definition) is 3. The van der Waals surface area contributed by atoms with Gasteiger partial charge in [-0.1, -0.05) is 36.9 Å². The first kappa shape index (κ1) is 14.4. The number of piperidine rings is 1. The molecule has 0 radical (unpaired) electrons. The Morgan fingerprint density at radius 3 is 2.95 bits per heavy atom. The SMILES string of the molecule is C=COC[C@@H]1CCCN(C(=O)OCc2ccccc2)C1. The minimum absolute atomic E-state index is 0.239. The van der Waals surface area contributed by atoms with Crippen molar-refractivity contribution in [3.8, 4) is 0 Å². The van der Waals surface area contributed by atoms with Gasteiger partial charge >= 0.3 is 6.09 Å². The zero-order chi connectivity index (χ0) is 14.2. The maximum absolute atomic E-state index is 12.0. The van der Waals surface area contributed by atoms with E-state index in [0.717, 1.165) is 24.9 Å². The molecule has 2 rings (SSSR count). The molecule has 1 fully saturated rings. The number of hydrogen-bond donors (Lipinski definition) is 0. The van der Waals surface area contributed by atoms with Crippen molar-refractivity contribution in [1.82, 2.24) is 4.90 Å². The predicted molar refractivity (Wildman–Crippen MR) is 77.1 cm³/mol. The van der Waals surface area contributed by atoms with Gasteiger partial charge < -0.3 is 14.4 Å². The van der Waals surface area contributed by atoms with Gasteiger partial charge in [-0.15, -0.1) is 0 Å². The van der Waals surface area contributed by atoms with E-state index in [2.05, 4.69) is 6.58 Å². The molecule has 1 aliphatic heterocycles. The van der Waals surface area contributed by atoms with Crippen molar-refractivity contribution in [1.29, 1.82) is 0 Å². The fourth-order valence-electron chi connectivity index (χ4n) is 2.38. The smallest absolute Gasteiger partial charge is 0.410 e. The molecule has 4 heteroatoms. The standard InChI is InChI=1S/C16H21NO3/c1-2-19-12-15-9-6-10-17(11-15)16(18)20-13-14-7-4-3-5-8-14/h2-5,7-8,15H,1,6,9-13H2/t15-/m1/s1. The van der Waals surface area contributed by atoms with Crippen molar-refractivity contribution in [2.45, 2.75) is 19.4 Å². The van der Waals surface area contributed by atoms with Gasteiger partial charge in [-0.3, -0.25) is 0 Å². The van der Waals surface area contributed by atoms with Crippen molar-refractivity contribution < 1.29 is 14.3 Å². The summed E-state index contributed by atoms with van der Waals surface area (Å²) in [6.45, 7) is 5.93. The van der Waals surface area contributed by atoms with Gasteiger partial charge in [-0.2, -0.15) is 0 Å². The van der Waals surface area contributed by atoms with Crippen LogP contribution in [0.15, 0.2) is 43.2 Å². The monoisotopic (exact) mass is 275 g/mol. The normalized spacial score (nSPS) is 18.4. The highest BCUT2D eigenvalue weighted by atomic mass is 16.6. The maximum Gasteiger partial charge on any atom is 0.410 e. The highest BCUT2D eigenvalue weighted by Crippen LogP contribution is 2.18. The van der Waals surface area contributed by atoms with Crippen molar-refractivity contribution in [2.24, 2.45) is 5.92 Å². The Bertz CT molecular complexity index is 433. The molecule has 4 nitrogen and oxygen atoms in total. The molecular formula is C16H21NO3. The Morgan fingerprint density at radius 2 is 2.20 bits per heavy atom. The van der Waals surface area contributed by atoms with E-state index in [-0.39, 0.29) is 6.09 Å². The minimum atomic E-state index is -0.239. The first-order chi connectivity index (χ1) is 9.79. The van der Waals surface area contributed by atoms with Gasteiger partial charge in [0.25, 0.3) is 0 Å². The third-order valence-corrected chi connectivity index (χ3v) is 3.43. The van der Waals surface area contributed by atoms with Crippen LogP contribution >= 0.6 is 0 Å². The second kappa shape index (κ2) is 7.58. The van der Waals surface area contributed by atoms with Gasteiger partial charge in [-0.05, 0) is 18.4 Å². The van der Waals surface area contributed by atoms with Crippen LogP contribution in [-0.2, 0) is 16.1 Å². The first-order valence-electron chi connectivity index (χ1n) is 6.97. The topological polar surface area (TPSA) is 38.8 Å². The molecule has 0 saturated carbocycles. The molecule has 1 saturated heterocycles. The molecule has 0 aliphatic carbocycles. The van der Waals surface area contributed by atoms with E-state index in [1.807, 2.05) is 30.3 Å². The van der Waals surface area contributed by atoms with Crippen molar-refractivity contribution in [3.05, 3.63) is 48.7 Å². The lowest BCUT2D eigenvalue weighted by molar-refractivity contribution is 0.0661. The van der Waals surface area contributed by atoms with Gasteiger partial charge in [0.2, 0.25) is 0 Å². The zero-order valence-corrected chi connectivity index (χ0v) is 11.7. The molecule has 0 aromatic heterocycles. The Hall–Kier alpha value is -1.97. The lowest BCUT2D eigenvalue weighted by atomic mass is 9.99. The fraction of sp³-hybridized carbons (Fsp3) is 0.438. The van der Waals surface area contributed by atoms with E-state index in [4.69, 9.17) is 9.47 Å². The summed E-state index contributed by atoms with van der Waals surface area (Å²) in [4.78, 5) is 13.8. The van der Waals surface area contributed by atoms with Crippen molar-refractivity contribution in [2.75, 3.05) is 19.7 Å². The van der Waals surface area contributed by atoms with Gasteiger partial charge in [0, 0.05) is 19.0 Å². The maximum atomic E-state index is 12.0. The van der Waals surface area contributed by atoms with E-state index < -0.39 is 0 Å². The minimum Gasteiger partial charge on any atom is -0.501 e. The Labute approximate surface area is 120 Å². The summed E-state index contributed by atoms with van der Waals surface area (Å²) < 4.78 is 10.6. The molecular weight excluding hydrogens is 254 g/mol. The van der Waals surface area contributed by atoms with Crippen LogP contribution in [0.3, 0.4) is 0 Å². The van der Waals surface area contributed by atoms with E-state index in [1.54, 1.807) is 4.90 Å². The first-order valence-corrected chi connectivity index (χ1v) is 6.97. The van der Waals surface area contributed by atoms with Crippen LogP contribution in [0.1, 0.15) is 18.4 Å². The van der Waals surface area contributed by atoms with Gasteiger partial charge in [0.15, 0.2) is 0 Å². The lowest BCUT2D eigenvalue weighted by Gasteiger charge is -2.31. The molecule has 108 valence electrons. The molecule has 0 spiro atoms. The molecule has 1 aliphatic rings. The summed E-state index contributed by atoms with van der Waals surface area (Å²) in [6.07, 6.45) is 3.28. The summed E-state index contributed by atoms with van der Waals surface area (Å²) >= 11 is 0. The van der Waals surface area contributed by atoms with Crippen LogP contribution in [0.5, 0.6) is 0 Å². The molecule has 20 heavy (non-hydrogen) atoms. The predicted octanol–water partition coefficient (Wildman–Crippen LogP) is 3.20. The summed E-state index contributed by atoms with van der Waals surface area (Å²) in [5.74, 6) is 0.367. The summed E-state index contributed by atoms with van der Waals surface area (Å²) in [5.41, 5.74) is 1.00. The third kappa shape index (κ3) is 4.30. The van der Waals surface area contributed by atoms with Crippen LogP contribution in [0.25, 0.3) is 0 Å². The summed E-state index contributed by atoms with van der Waals surface area (Å²) in [7, 11) is 0. The molecule has 0 N–H and O–H groups in total. The summed E-state index contributed by atoms with van der Waals surface area (Å²) in [6, 6.07) is 9.72. The third-order valence-electron chi connectivity index (χ3n) is 3.43. The molecule has 1 amide bonds. The molecule has 1 aromatic rings. The van der Waals surface area contributed by atoms with Crippen LogP contribution < -0.4 is 0 Å². The van der Waals surface area contributed by atoms with Crippen molar-refractivity contribution >= 4 is 6.09 Å². The number of carbonyl (C=O) groups is 1. The zero-order valence-electron chi connectivity index (χ0n) is 11.7. The van der Waals surface area contributed by atoms with Gasteiger partial charge in [-0.25, -0.2) is 4.79 Å². The van der Waals surface area contributed by atoms with Crippen molar-refractivity contribution in [3.63, 3.8) is 0 Å². The van der Waals surface area contributed by atoms with E-state index in [0.29, 0.717) is 25.7 Å². The second-order valence-electron chi connectivity index (χ2n) is 4.99. The highest BCUT2D eigenvalue weighted by Gasteiger charge is 2.24. The number of nitrogens with zero attached hydrogens (tertiary/aromatic N) is 1.